The molecular weight excluding hydrogens is 281 g/mol. The normalized spacial score (nSPS) is 13.5. The average molecular weight is 301 g/mol. The number of hydrogen-bond donors (Lipinski definition) is 1. The van der Waals surface area contributed by atoms with Crippen molar-refractivity contribution in [1.82, 2.24) is 4.90 Å². The second-order valence-corrected chi connectivity index (χ2v) is 5.69. The number of nitrogens with zero attached hydrogens (tertiary/aromatic N) is 1. The molecule has 1 N–H and O–H groups in total. The van der Waals surface area contributed by atoms with Gasteiger partial charge in [0.2, 0.25) is 5.91 Å². The van der Waals surface area contributed by atoms with Gasteiger partial charge in [-0.1, -0.05) is 42.5 Å². The Labute approximate surface area is 130 Å². The van der Waals surface area contributed by atoms with Crippen LogP contribution in [0.1, 0.15) is 24.5 Å². The van der Waals surface area contributed by atoms with E-state index in [1.165, 1.54) is 17.0 Å². The van der Waals surface area contributed by atoms with E-state index in [-0.39, 0.29) is 18.1 Å². The number of hydrogen-bond acceptors (Lipinski definition) is 2. The summed E-state index contributed by atoms with van der Waals surface area (Å²) in [5.74, 6) is -0.470. The molecule has 0 aliphatic heterocycles. The first kappa shape index (κ1) is 16.2. The lowest BCUT2D eigenvalue weighted by atomic mass is 9.92. The highest BCUT2D eigenvalue weighted by Crippen LogP contribution is 2.25. The SMILES string of the molecule is CN(Cc1ccc(F)cc1)C(=O)CC(C)(O)c1ccccc1. The van der Waals surface area contributed by atoms with Gasteiger partial charge in [-0.2, -0.15) is 0 Å². The minimum atomic E-state index is -1.21. The zero-order chi connectivity index (χ0) is 16.2. The van der Waals surface area contributed by atoms with Crippen LogP contribution in [-0.2, 0) is 16.9 Å². The van der Waals surface area contributed by atoms with Crippen molar-refractivity contribution in [3.8, 4) is 0 Å². The van der Waals surface area contributed by atoms with Crippen molar-refractivity contribution in [1.29, 1.82) is 0 Å². The molecule has 2 rings (SSSR count). The predicted molar refractivity (Wildman–Crippen MR) is 83.5 cm³/mol. The Morgan fingerprint density at radius 2 is 1.73 bits per heavy atom. The molecule has 0 aliphatic carbocycles. The Morgan fingerprint density at radius 3 is 2.32 bits per heavy atom. The highest BCUT2D eigenvalue weighted by molar-refractivity contribution is 5.77. The van der Waals surface area contributed by atoms with E-state index in [0.717, 1.165) is 5.56 Å². The maximum absolute atomic E-state index is 12.9. The van der Waals surface area contributed by atoms with Crippen LogP contribution < -0.4 is 0 Å². The molecule has 2 aromatic rings. The second kappa shape index (κ2) is 6.71. The highest BCUT2D eigenvalue weighted by Gasteiger charge is 2.27. The molecule has 0 radical (unpaired) electrons. The molecule has 116 valence electrons. The van der Waals surface area contributed by atoms with Crippen molar-refractivity contribution < 1.29 is 14.3 Å². The zero-order valence-electron chi connectivity index (χ0n) is 12.8. The minimum Gasteiger partial charge on any atom is -0.385 e. The van der Waals surface area contributed by atoms with E-state index < -0.39 is 5.60 Å². The van der Waals surface area contributed by atoms with Crippen LogP contribution >= 0.6 is 0 Å². The summed E-state index contributed by atoms with van der Waals surface area (Å²) in [5.41, 5.74) is 0.338. The van der Waals surface area contributed by atoms with Gasteiger partial charge in [-0.15, -0.1) is 0 Å². The molecule has 0 saturated carbocycles. The molecule has 4 heteroatoms. The van der Waals surface area contributed by atoms with Gasteiger partial charge in [0.25, 0.3) is 0 Å². The van der Waals surface area contributed by atoms with Crippen molar-refractivity contribution in [3.05, 3.63) is 71.5 Å². The van der Waals surface area contributed by atoms with E-state index in [2.05, 4.69) is 0 Å². The maximum atomic E-state index is 12.9. The lowest BCUT2D eigenvalue weighted by molar-refractivity contribution is -0.135. The van der Waals surface area contributed by atoms with E-state index in [4.69, 9.17) is 0 Å². The molecule has 1 amide bonds. The summed E-state index contributed by atoms with van der Waals surface area (Å²) >= 11 is 0. The number of benzene rings is 2. The van der Waals surface area contributed by atoms with E-state index in [1.807, 2.05) is 18.2 Å². The number of rotatable bonds is 5. The summed E-state index contributed by atoms with van der Waals surface area (Å²) in [5, 5.41) is 10.5. The molecule has 0 spiro atoms. The Morgan fingerprint density at radius 1 is 1.14 bits per heavy atom. The number of carbonyl (C=O) groups is 1. The summed E-state index contributed by atoms with van der Waals surface area (Å²) in [6.45, 7) is 2.01. The third-order valence-electron chi connectivity index (χ3n) is 3.65. The molecule has 22 heavy (non-hydrogen) atoms. The summed E-state index contributed by atoms with van der Waals surface area (Å²) in [4.78, 5) is 13.8. The first-order chi connectivity index (χ1) is 10.4. The topological polar surface area (TPSA) is 40.5 Å². The minimum absolute atomic E-state index is 0.00525. The monoisotopic (exact) mass is 301 g/mol. The Bertz CT molecular complexity index is 623. The average Bonchev–Trinajstić information content (AvgIpc) is 2.50. The fourth-order valence-electron chi connectivity index (χ4n) is 2.28. The van der Waals surface area contributed by atoms with Gasteiger partial charge in [0.15, 0.2) is 0 Å². The van der Waals surface area contributed by atoms with Gasteiger partial charge in [-0.05, 0) is 30.2 Å². The highest BCUT2D eigenvalue weighted by atomic mass is 19.1. The first-order valence-electron chi connectivity index (χ1n) is 7.15. The van der Waals surface area contributed by atoms with E-state index in [1.54, 1.807) is 38.2 Å². The molecule has 1 atom stereocenters. The van der Waals surface area contributed by atoms with Gasteiger partial charge in [0.05, 0.1) is 12.0 Å². The van der Waals surface area contributed by atoms with Crippen LogP contribution in [0.3, 0.4) is 0 Å². The van der Waals surface area contributed by atoms with Crippen LogP contribution in [0.4, 0.5) is 4.39 Å². The largest absolute Gasteiger partial charge is 0.385 e. The van der Waals surface area contributed by atoms with Gasteiger partial charge >= 0.3 is 0 Å². The quantitative estimate of drug-likeness (QED) is 0.922. The molecule has 0 fully saturated rings. The predicted octanol–water partition coefficient (Wildman–Crippen LogP) is 3.08. The first-order valence-corrected chi connectivity index (χ1v) is 7.15. The fourth-order valence-corrected chi connectivity index (χ4v) is 2.28. The lowest BCUT2D eigenvalue weighted by Crippen LogP contribution is -2.34. The Balaban J connectivity index is 2.00. The fraction of sp³-hybridized carbons (Fsp3) is 0.278. The summed E-state index contributed by atoms with van der Waals surface area (Å²) < 4.78 is 12.9. The summed E-state index contributed by atoms with van der Waals surface area (Å²) in [6.07, 6.45) is -0.00525. The van der Waals surface area contributed by atoms with E-state index >= 15 is 0 Å². The van der Waals surface area contributed by atoms with Gasteiger partial charge in [-0.25, -0.2) is 4.39 Å². The third-order valence-corrected chi connectivity index (χ3v) is 3.65. The molecule has 2 aromatic carbocycles. The van der Waals surface area contributed by atoms with Crippen LogP contribution in [0.2, 0.25) is 0 Å². The molecule has 0 heterocycles. The van der Waals surface area contributed by atoms with E-state index in [9.17, 15) is 14.3 Å². The van der Waals surface area contributed by atoms with Crippen LogP contribution in [-0.4, -0.2) is 23.0 Å². The van der Waals surface area contributed by atoms with Crippen molar-refractivity contribution in [2.45, 2.75) is 25.5 Å². The third kappa shape index (κ3) is 4.15. The number of halogens is 1. The Kier molecular flexibility index (Phi) is 4.93. The standard InChI is InChI=1S/C18H20FNO2/c1-18(22,15-6-4-3-5-7-15)12-17(21)20(2)13-14-8-10-16(19)11-9-14/h3-11,22H,12-13H2,1-2H3. The molecule has 0 aliphatic rings. The molecule has 3 nitrogen and oxygen atoms in total. The van der Waals surface area contributed by atoms with Gasteiger partial charge < -0.3 is 10.0 Å². The molecule has 0 bridgehead atoms. The van der Waals surface area contributed by atoms with Crippen LogP contribution in [0.5, 0.6) is 0 Å². The molecule has 0 aromatic heterocycles. The van der Waals surface area contributed by atoms with Gasteiger partial charge in [0, 0.05) is 13.6 Å². The second-order valence-electron chi connectivity index (χ2n) is 5.69. The van der Waals surface area contributed by atoms with Crippen molar-refractivity contribution >= 4 is 5.91 Å². The smallest absolute Gasteiger partial charge is 0.225 e. The maximum Gasteiger partial charge on any atom is 0.225 e. The van der Waals surface area contributed by atoms with Crippen molar-refractivity contribution in [2.75, 3.05) is 7.05 Å². The van der Waals surface area contributed by atoms with Crippen LogP contribution in [0, 0.1) is 5.82 Å². The van der Waals surface area contributed by atoms with E-state index in [0.29, 0.717) is 12.1 Å². The van der Waals surface area contributed by atoms with Crippen LogP contribution in [0.15, 0.2) is 54.6 Å². The van der Waals surface area contributed by atoms with Gasteiger partial charge in [-0.3, -0.25) is 4.79 Å². The number of aliphatic hydroxyl groups is 1. The molecule has 0 saturated heterocycles. The van der Waals surface area contributed by atoms with Crippen molar-refractivity contribution in [2.24, 2.45) is 0 Å². The summed E-state index contributed by atoms with van der Waals surface area (Å²) in [7, 11) is 1.67. The molecular formula is C18H20FNO2. The lowest BCUT2D eigenvalue weighted by Gasteiger charge is -2.26. The summed E-state index contributed by atoms with van der Waals surface area (Å²) in [6, 6.07) is 15.2. The van der Waals surface area contributed by atoms with Gasteiger partial charge in [0.1, 0.15) is 5.82 Å². The zero-order valence-corrected chi connectivity index (χ0v) is 12.8. The Hall–Kier alpha value is -2.20. The number of amides is 1. The van der Waals surface area contributed by atoms with Crippen LogP contribution in [0.25, 0.3) is 0 Å². The number of carbonyl (C=O) groups excluding carboxylic acids is 1. The van der Waals surface area contributed by atoms with Crippen molar-refractivity contribution in [3.63, 3.8) is 0 Å². The molecule has 1 unspecified atom stereocenters.